The Morgan fingerprint density at radius 2 is 2.10 bits per heavy atom. The van der Waals surface area contributed by atoms with Crippen LogP contribution in [-0.4, -0.2) is 59.8 Å². The number of nitrogens with one attached hydrogen (secondary N) is 2. The largest absolute Gasteiger partial charge is 0.444 e. The van der Waals surface area contributed by atoms with Crippen LogP contribution in [0, 0.1) is 5.92 Å². The number of ether oxygens (including phenoxy) is 2. The van der Waals surface area contributed by atoms with Gasteiger partial charge in [-0.05, 0) is 52.2 Å². The monoisotopic (exact) mass is 415 g/mol. The molecular formula is C23H33N3O4. The Morgan fingerprint density at radius 3 is 2.80 bits per heavy atom. The molecule has 1 fully saturated rings. The van der Waals surface area contributed by atoms with Gasteiger partial charge in [-0.15, -0.1) is 0 Å². The molecule has 2 unspecified atom stereocenters. The average Bonchev–Trinajstić information content (AvgIpc) is 3.33. The molecule has 2 aromatic rings. The molecule has 0 radical (unpaired) electrons. The first-order chi connectivity index (χ1) is 14.2. The number of fused-ring (bicyclic) bond motifs is 1. The normalized spacial score (nSPS) is 17.7. The number of aromatic amines is 1. The summed E-state index contributed by atoms with van der Waals surface area (Å²) in [7, 11) is 0. The predicted octanol–water partition coefficient (Wildman–Crippen LogP) is 3.49. The van der Waals surface area contributed by atoms with Crippen molar-refractivity contribution in [2.45, 2.75) is 52.2 Å². The first kappa shape index (κ1) is 22.2. The standard InChI is InChI=1S/C23H33N3O4/c1-16(25-22(28)30-23(2,3)4)14-26(21(27)18-10-12-29-15-18)11-9-17-13-24-20-8-6-5-7-19(17)20/h5-8,13,16,18,24H,9-12,14-15H2,1-4H3,(H,25,28). The summed E-state index contributed by atoms with van der Waals surface area (Å²) >= 11 is 0. The van der Waals surface area contributed by atoms with Crippen molar-refractivity contribution < 1.29 is 19.1 Å². The average molecular weight is 416 g/mol. The van der Waals surface area contributed by atoms with E-state index in [0.29, 0.717) is 26.3 Å². The number of alkyl carbamates (subject to hydrolysis) is 1. The van der Waals surface area contributed by atoms with Crippen molar-refractivity contribution >= 4 is 22.9 Å². The molecule has 1 saturated heterocycles. The van der Waals surface area contributed by atoms with E-state index in [-0.39, 0.29) is 17.9 Å². The minimum Gasteiger partial charge on any atom is -0.444 e. The minimum atomic E-state index is -0.560. The highest BCUT2D eigenvalue weighted by Crippen LogP contribution is 2.20. The third-order valence-corrected chi connectivity index (χ3v) is 5.17. The van der Waals surface area contributed by atoms with Crippen LogP contribution in [0.5, 0.6) is 0 Å². The summed E-state index contributed by atoms with van der Waals surface area (Å²) in [5.41, 5.74) is 1.71. The van der Waals surface area contributed by atoms with E-state index < -0.39 is 11.7 Å². The van der Waals surface area contributed by atoms with E-state index >= 15 is 0 Å². The van der Waals surface area contributed by atoms with Gasteiger partial charge in [0.1, 0.15) is 5.60 Å². The van der Waals surface area contributed by atoms with Crippen LogP contribution in [-0.2, 0) is 20.7 Å². The highest BCUT2D eigenvalue weighted by Gasteiger charge is 2.29. The summed E-state index contributed by atoms with van der Waals surface area (Å²) in [4.78, 5) is 30.4. The second-order valence-corrected chi connectivity index (χ2v) is 9.00. The van der Waals surface area contributed by atoms with Gasteiger partial charge in [0.2, 0.25) is 5.91 Å². The van der Waals surface area contributed by atoms with Crippen LogP contribution >= 0.6 is 0 Å². The molecule has 2 N–H and O–H groups in total. The lowest BCUT2D eigenvalue weighted by Crippen LogP contribution is -2.48. The maximum Gasteiger partial charge on any atom is 0.407 e. The summed E-state index contributed by atoms with van der Waals surface area (Å²) in [5.74, 6) is -0.0214. The smallest absolute Gasteiger partial charge is 0.407 e. The maximum absolute atomic E-state index is 13.1. The second kappa shape index (κ2) is 9.51. The molecule has 2 heterocycles. The van der Waals surface area contributed by atoms with Gasteiger partial charge in [0.25, 0.3) is 0 Å². The Bertz CT molecular complexity index is 865. The molecule has 2 amide bonds. The molecule has 0 aliphatic carbocycles. The van der Waals surface area contributed by atoms with Crippen LogP contribution in [0.4, 0.5) is 4.79 Å². The molecule has 30 heavy (non-hydrogen) atoms. The Labute approximate surface area is 178 Å². The number of H-pyrrole nitrogens is 1. The van der Waals surface area contributed by atoms with Crippen LogP contribution < -0.4 is 5.32 Å². The van der Waals surface area contributed by atoms with Crippen LogP contribution in [0.1, 0.15) is 39.7 Å². The fraction of sp³-hybridized carbons (Fsp3) is 0.565. The van der Waals surface area contributed by atoms with E-state index in [1.54, 1.807) is 0 Å². The SMILES string of the molecule is CC(CN(CCc1c[nH]c2ccccc12)C(=O)C1CCOC1)NC(=O)OC(C)(C)C. The number of nitrogens with zero attached hydrogens (tertiary/aromatic N) is 1. The van der Waals surface area contributed by atoms with Gasteiger partial charge in [-0.2, -0.15) is 0 Å². The van der Waals surface area contributed by atoms with E-state index in [9.17, 15) is 9.59 Å². The summed E-state index contributed by atoms with van der Waals surface area (Å²) in [5, 5.41) is 4.02. The zero-order chi connectivity index (χ0) is 21.7. The maximum atomic E-state index is 13.1. The van der Waals surface area contributed by atoms with Crippen molar-refractivity contribution in [1.29, 1.82) is 0 Å². The number of benzene rings is 1. The number of carbonyl (C=O) groups is 2. The highest BCUT2D eigenvalue weighted by molar-refractivity contribution is 5.83. The summed E-state index contributed by atoms with van der Waals surface area (Å²) in [6.07, 6.45) is 3.02. The van der Waals surface area contributed by atoms with E-state index in [2.05, 4.69) is 16.4 Å². The third kappa shape index (κ3) is 5.98. The molecule has 0 spiro atoms. The second-order valence-electron chi connectivity index (χ2n) is 9.00. The molecule has 1 aliphatic rings. The fourth-order valence-corrected chi connectivity index (χ4v) is 3.76. The van der Waals surface area contributed by atoms with Gasteiger partial charge in [0, 0.05) is 42.8 Å². The lowest BCUT2D eigenvalue weighted by atomic mass is 10.1. The van der Waals surface area contributed by atoms with Crippen molar-refractivity contribution in [1.82, 2.24) is 15.2 Å². The van der Waals surface area contributed by atoms with E-state index in [1.807, 2.05) is 57.0 Å². The molecule has 0 bridgehead atoms. The van der Waals surface area contributed by atoms with Gasteiger partial charge in [0.15, 0.2) is 0 Å². The molecule has 7 heteroatoms. The number of hydrogen-bond acceptors (Lipinski definition) is 4. The van der Waals surface area contributed by atoms with Crippen molar-refractivity contribution in [2.75, 3.05) is 26.3 Å². The van der Waals surface area contributed by atoms with Crippen LogP contribution in [0.3, 0.4) is 0 Å². The quantitative estimate of drug-likeness (QED) is 0.725. The molecule has 164 valence electrons. The Morgan fingerprint density at radius 1 is 1.33 bits per heavy atom. The number of carbonyl (C=O) groups excluding carboxylic acids is 2. The first-order valence-corrected chi connectivity index (χ1v) is 10.6. The molecule has 1 aromatic carbocycles. The van der Waals surface area contributed by atoms with Crippen molar-refractivity contribution in [3.8, 4) is 0 Å². The molecular weight excluding hydrogens is 382 g/mol. The van der Waals surface area contributed by atoms with Gasteiger partial charge in [0.05, 0.1) is 12.5 Å². The third-order valence-electron chi connectivity index (χ3n) is 5.17. The van der Waals surface area contributed by atoms with Crippen molar-refractivity contribution in [3.63, 3.8) is 0 Å². The molecule has 1 aromatic heterocycles. The van der Waals surface area contributed by atoms with Gasteiger partial charge in [-0.3, -0.25) is 4.79 Å². The fourth-order valence-electron chi connectivity index (χ4n) is 3.76. The summed E-state index contributed by atoms with van der Waals surface area (Å²) in [6, 6.07) is 7.93. The molecule has 7 nitrogen and oxygen atoms in total. The lowest BCUT2D eigenvalue weighted by Gasteiger charge is -2.29. The van der Waals surface area contributed by atoms with Gasteiger partial charge >= 0.3 is 6.09 Å². The summed E-state index contributed by atoms with van der Waals surface area (Å²) in [6.45, 7) is 9.47. The Balaban J connectivity index is 1.65. The molecule has 0 saturated carbocycles. The number of aromatic nitrogens is 1. The van der Waals surface area contributed by atoms with Gasteiger partial charge in [-0.1, -0.05) is 18.2 Å². The van der Waals surface area contributed by atoms with Crippen LogP contribution in [0.2, 0.25) is 0 Å². The zero-order valence-electron chi connectivity index (χ0n) is 18.4. The van der Waals surface area contributed by atoms with Crippen LogP contribution in [0.25, 0.3) is 10.9 Å². The van der Waals surface area contributed by atoms with E-state index in [0.717, 1.165) is 18.4 Å². The van der Waals surface area contributed by atoms with Crippen molar-refractivity contribution in [2.24, 2.45) is 5.92 Å². The number of hydrogen-bond donors (Lipinski definition) is 2. The predicted molar refractivity (Wildman–Crippen MR) is 116 cm³/mol. The van der Waals surface area contributed by atoms with E-state index in [1.165, 1.54) is 10.9 Å². The lowest BCUT2D eigenvalue weighted by molar-refractivity contribution is -0.135. The number of amides is 2. The molecule has 2 atom stereocenters. The Hall–Kier alpha value is -2.54. The van der Waals surface area contributed by atoms with E-state index in [4.69, 9.17) is 9.47 Å². The summed E-state index contributed by atoms with van der Waals surface area (Å²) < 4.78 is 10.8. The number of rotatable bonds is 7. The number of para-hydroxylation sites is 1. The zero-order valence-corrected chi connectivity index (χ0v) is 18.4. The Kier molecular flexibility index (Phi) is 7.02. The van der Waals surface area contributed by atoms with Gasteiger partial charge in [-0.25, -0.2) is 4.79 Å². The molecule has 1 aliphatic heterocycles. The van der Waals surface area contributed by atoms with Crippen LogP contribution in [0.15, 0.2) is 30.5 Å². The topological polar surface area (TPSA) is 83.7 Å². The first-order valence-electron chi connectivity index (χ1n) is 10.6. The molecule has 3 rings (SSSR count). The van der Waals surface area contributed by atoms with Crippen molar-refractivity contribution in [3.05, 3.63) is 36.0 Å². The minimum absolute atomic E-state index is 0.0881. The highest BCUT2D eigenvalue weighted by atomic mass is 16.6. The van der Waals surface area contributed by atoms with Gasteiger partial charge < -0.3 is 24.7 Å².